The van der Waals surface area contributed by atoms with Crippen molar-refractivity contribution in [2.75, 3.05) is 26.2 Å². The van der Waals surface area contributed by atoms with E-state index in [2.05, 4.69) is 34.3 Å². The SMILES string of the molecule is CCN(CC)CCNCc1nnc(-c2ccccc2C)o1. The maximum absolute atomic E-state index is 5.71. The first-order valence-electron chi connectivity index (χ1n) is 7.56. The van der Waals surface area contributed by atoms with E-state index in [0.29, 0.717) is 18.3 Å². The molecule has 0 saturated heterocycles. The van der Waals surface area contributed by atoms with Gasteiger partial charge in [0, 0.05) is 18.7 Å². The lowest BCUT2D eigenvalue weighted by Crippen LogP contribution is -2.31. The van der Waals surface area contributed by atoms with E-state index < -0.39 is 0 Å². The number of aryl methyl sites for hydroxylation is 1. The Balaban J connectivity index is 1.85. The van der Waals surface area contributed by atoms with E-state index in [1.54, 1.807) is 0 Å². The summed E-state index contributed by atoms with van der Waals surface area (Å²) < 4.78 is 5.71. The highest BCUT2D eigenvalue weighted by Gasteiger charge is 2.10. The fourth-order valence-electron chi connectivity index (χ4n) is 2.22. The second-order valence-corrected chi connectivity index (χ2v) is 5.02. The first kappa shape index (κ1) is 15.7. The van der Waals surface area contributed by atoms with Gasteiger partial charge in [-0.05, 0) is 31.6 Å². The van der Waals surface area contributed by atoms with Crippen LogP contribution in [0.1, 0.15) is 25.3 Å². The van der Waals surface area contributed by atoms with Gasteiger partial charge in [0.05, 0.1) is 6.54 Å². The van der Waals surface area contributed by atoms with Crippen molar-refractivity contribution in [2.45, 2.75) is 27.3 Å². The minimum atomic E-state index is 0.591. The van der Waals surface area contributed by atoms with Crippen LogP contribution in [0.4, 0.5) is 0 Å². The van der Waals surface area contributed by atoms with E-state index in [0.717, 1.165) is 37.3 Å². The fraction of sp³-hybridized carbons (Fsp3) is 0.500. The molecule has 1 aromatic carbocycles. The van der Waals surface area contributed by atoms with Crippen LogP contribution in [0.3, 0.4) is 0 Å². The standard InChI is InChI=1S/C16H24N4O/c1-4-20(5-2)11-10-17-12-15-18-19-16(21-15)14-9-7-6-8-13(14)3/h6-9,17H,4-5,10-12H2,1-3H3. The van der Waals surface area contributed by atoms with Crippen molar-refractivity contribution in [1.82, 2.24) is 20.4 Å². The molecule has 5 heteroatoms. The van der Waals surface area contributed by atoms with Crippen LogP contribution in [0.15, 0.2) is 28.7 Å². The van der Waals surface area contributed by atoms with Crippen LogP contribution in [-0.4, -0.2) is 41.3 Å². The molecule has 0 atom stereocenters. The summed E-state index contributed by atoms with van der Waals surface area (Å²) in [6.07, 6.45) is 0. The number of benzene rings is 1. The third kappa shape index (κ3) is 4.37. The van der Waals surface area contributed by atoms with Gasteiger partial charge in [-0.2, -0.15) is 0 Å². The molecule has 0 amide bonds. The highest BCUT2D eigenvalue weighted by Crippen LogP contribution is 2.21. The van der Waals surface area contributed by atoms with Crippen molar-refractivity contribution < 1.29 is 4.42 Å². The van der Waals surface area contributed by atoms with Gasteiger partial charge in [-0.15, -0.1) is 10.2 Å². The summed E-state index contributed by atoms with van der Waals surface area (Å²) in [6, 6.07) is 8.03. The molecule has 2 aromatic rings. The molecule has 1 heterocycles. The monoisotopic (exact) mass is 288 g/mol. The van der Waals surface area contributed by atoms with Gasteiger partial charge in [-0.1, -0.05) is 32.0 Å². The van der Waals surface area contributed by atoms with Gasteiger partial charge in [-0.25, -0.2) is 0 Å². The van der Waals surface area contributed by atoms with Gasteiger partial charge in [-0.3, -0.25) is 0 Å². The Labute approximate surface area is 126 Å². The zero-order valence-electron chi connectivity index (χ0n) is 13.1. The Morgan fingerprint density at radius 1 is 1.14 bits per heavy atom. The molecule has 1 aromatic heterocycles. The third-order valence-corrected chi connectivity index (χ3v) is 3.62. The van der Waals surface area contributed by atoms with Crippen molar-refractivity contribution in [3.05, 3.63) is 35.7 Å². The molecule has 21 heavy (non-hydrogen) atoms. The molecule has 0 spiro atoms. The summed E-state index contributed by atoms with van der Waals surface area (Å²) in [4.78, 5) is 2.37. The summed E-state index contributed by atoms with van der Waals surface area (Å²) >= 11 is 0. The highest BCUT2D eigenvalue weighted by molar-refractivity contribution is 5.57. The lowest BCUT2D eigenvalue weighted by molar-refractivity contribution is 0.300. The number of nitrogens with one attached hydrogen (secondary N) is 1. The molecule has 0 aliphatic heterocycles. The van der Waals surface area contributed by atoms with Gasteiger partial charge in [0.25, 0.3) is 0 Å². The molecule has 0 aliphatic carbocycles. The van der Waals surface area contributed by atoms with E-state index in [9.17, 15) is 0 Å². The summed E-state index contributed by atoms with van der Waals surface area (Å²) in [5.74, 6) is 1.22. The van der Waals surface area contributed by atoms with E-state index in [-0.39, 0.29) is 0 Å². The molecule has 2 rings (SSSR count). The van der Waals surface area contributed by atoms with E-state index >= 15 is 0 Å². The molecule has 0 saturated carbocycles. The predicted molar refractivity (Wildman–Crippen MR) is 84.0 cm³/mol. The number of hydrogen-bond acceptors (Lipinski definition) is 5. The molecule has 114 valence electrons. The second-order valence-electron chi connectivity index (χ2n) is 5.02. The van der Waals surface area contributed by atoms with E-state index in [1.165, 1.54) is 0 Å². The number of nitrogens with zero attached hydrogens (tertiary/aromatic N) is 3. The molecule has 0 aliphatic rings. The summed E-state index contributed by atoms with van der Waals surface area (Å²) in [5, 5.41) is 11.6. The first-order valence-corrected chi connectivity index (χ1v) is 7.56. The minimum absolute atomic E-state index is 0.591. The van der Waals surface area contributed by atoms with Crippen LogP contribution in [0, 0.1) is 6.92 Å². The van der Waals surface area contributed by atoms with Gasteiger partial charge in [0.2, 0.25) is 11.8 Å². The highest BCUT2D eigenvalue weighted by atomic mass is 16.4. The zero-order chi connectivity index (χ0) is 15.1. The van der Waals surface area contributed by atoms with Crippen LogP contribution in [0.5, 0.6) is 0 Å². The smallest absolute Gasteiger partial charge is 0.248 e. The van der Waals surface area contributed by atoms with Crippen molar-refractivity contribution in [2.24, 2.45) is 0 Å². The molecule has 0 unspecified atom stereocenters. The number of aromatic nitrogens is 2. The summed E-state index contributed by atoms with van der Waals surface area (Å²) in [5.41, 5.74) is 2.14. The minimum Gasteiger partial charge on any atom is -0.419 e. The fourth-order valence-corrected chi connectivity index (χ4v) is 2.22. The van der Waals surface area contributed by atoms with Crippen molar-refractivity contribution >= 4 is 0 Å². The Hall–Kier alpha value is -1.72. The Morgan fingerprint density at radius 3 is 2.62 bits per heavy atom. The number of hydrogen-bond donors (Lipinski definition) is 1. The van der Waals surface area contributed by atoms with Gasteiger partial charge < -0.3 is 14.6 Å². The van der Waals surface area contributed by atoms with Crippen molar-refractivity contribution in [3.8, 4) is 11.5 Å². The summed E-state index contributed by atoms with van der Waals surface area (Å²) in [7, 11) is 0. The Bertz CT molecular complexity index is 549. The van der Waals surface area contributed by atoms with E-state index in [1.807, 2.05) is 31.2 Å². The number of likely N-dealkylation sites (N-methyl/N-ethyl adjacent to an activating group) is 1. The average molecular weight is 288 g/mol. The van der Waals surface area contributed by atoms with Crippen LogP contribution < -0.4 is 5.32 Å². The van der Waals surface area contributed by atoms with Crippen molar-refractivity contribution in [1.29, 1.82) is 0 Å². The Kier molecular flexibility index (Phi) is 5.90. The largest absolute Gasteiger partial charge is 0.419 e. The maximum Gasteiger partial charge on any atom is 0.248 e. The second kappa shape index (κ2) is 7.90. The van der Waals surface area contributed by atoms with E-state index in [4.69, 9.17) is 4.42 Å². The van der Waals surface area contributed by atoms with Gasteiger partial charge in [0.1, 0.15) is 0 Å². The average Bonchev–Trinajstić information content (AvgIpc) is 2.96. The molecule has 0 radical (unpaired) electrons. The molecule has 0 bridgehead atoms. The lowest BCUT2D eigenvalue weighted by Gasteiger charge is -2.17. The van der Waals surface area contributed by atoms with Crippen molar-refractivity contribution in [3.63, 3.8) is 0 Å². The summed E-state index contributed by atoms with van der Waals surface area (Å²) in [6.45, 7) is 11.1. The molecule has 1 N–H and O–H groups in total. The first-order chi connectivity index (χ1) is 10.2. The molecular weight excluding hydrogens is 264 g/mol. The zero-order valence-corrected chi connectivity index (χ0v) is 13.1. The number of rotatable bonds is 8. The predicted octanol–water partition coefficient (Wildman–Crippen LogP) is 2.48. The maximum atomic E-state index is 5.71. The van der Waals surface area contributed by atoms with Gasteiger partial charge in [0.15, 0.2) is 0 Å². The van der Waals surface area contributed by atoms with Gasteiger partial charge >= 0.3 is 0 Å². The normalized spacial score (nSPS) is 11.2. The molecule has 0 fully saturated rings. The van der Waals surface area contributed by atoms with Crippen LogP contribution in [0.25, 0.3) is 11.5 Å². The van der Waals surface area contributed by atoms with Crippen LogP contribution >= 0.6 is 0 Å². The van der Waals surface area contributed by atoms with Crippen LogP contribution in [-0.2, 0) is 6.54 Å². The lowest BCUT2D eigenvalue weighted by atomic mass is 10.1. The third-order valence-electron chi connectivity index (χ3n) is 3.62. The molecule has 5 nitrogen and oxygen atoms in total. The van der Waals surface area contributed by atoms with Crippen LogP contribution in [0.2, 0.25) is 0 Å². The topological polar surface area (TPSA) is 54.2 Å². The Morgan fingerprint density at radius 2 is 1.90 bits per heavy atom. The quantitative estimate of drug-likeness (QED) is 0.756. The molecular formula is C16H24N4O.